The molecule has 248 valence electrons. The van der Waals surface area contributed by atoms with Gasteiger partial charge in [0.15, 0.2) is 12.6 Å². The minimum absolute atomic E-state index is 0.0195. The molecule has 4 aliphatic rings. The number of amides is 1. The summed E-state index contributed by atoms with van der Waals surface area (Å²) < 4.78 is 23.0. The summed E-state index contributed by atoms with van der Waals surface area (Å²) in [6, 6.07) is 11.6. The van der Waals surface area contributed by atoms with Crippen molar-refractivity contribution >= 4 is 52.3 Å². The molecule has 4 aliphatic heterocycles. The molecule has 6 rings (SSSR count). The molecule has 45 heavy (non-hydrogen) atoms. The highest BCUT2D eigenvalue weighted by molar-refractivity contribution is 6.42. The average Bonchev–Trinajstić information content (AvgIpc) is 3.69. The van der Waals surface area contributed by atoms with Crippen molar-refractivity contribution in [1.29, 1.82) is 0 Å². The van der Waals surface area contributed by atoms with Crippen LogP contribution in [0.15, 0.2) is 36.4 Å². The molecule has 2 aromatic carbocycles. The highest BCUT2D eigenvalue weighted by atomic mass is 35.5. The van der Waals surface area contributed by atoms with E-state index >= 15 is 0 Å². The van der Waals surface area contributed by atoms with Gasteiger partial charge in [0.1, 0.15) is 0 Å². The largest absolute Gasteiger partial charge is 0.355 e. The molecular formula is C34H44Cl4N2O5. The molecule has 0 saturated carbocycles. The molecule has 0 bridgehead atoms. The van der Waals surface area contributed by atoms with E-state index in [1.165, 1.54) is 12.0 Å². The molecule has 11 heteroatoms. The number of ether oxygens (including phenoxy) is 4. The number of hydrogen-bond donors (Lipinski definition) is 2. The summed E-state index contributed by atoms with van der Waals surface area (Å²) in [4.78, 5) is 11.8. The summed E-state index contributed by atoms with van der Waals surface area (Å²) in [5, 5.41) is 8.67. The Morgan fingerprint density at radius 1 is 0.733 bits per heavy atom. The van der Waals surface area contributed by atoms with E-state index in [-0.39, 0.29) is 29.3 Å². The van der Waals surface area contributed by atoms with Crippen molar-refractivity contribution < 1.29 is 23.7 Å². The first-order valence-electron chi connectivity index (χ1n) is 16.1. The van der Waals surface area contributed by atoms with Gasteiger partial charge in [0.2, 0.25) is 5.91 Å². The smallest absolute Gasteiger partial charge is 0.220 e. The summed E-state index contributed by atoms with van der Waals surface area (Å²) in [5.41, 5.74) is 2.07. The standard InChI is InChI=1S/C17H21Cl2NO3.C17H23Cl2NO2/c18-13-5-4-12(9-14(13)19)17(10-15(21)20-11-17)6-8-23-16-3-1-2-7-22-16;18-14-5-4-13(11-15(14)19)17(6-8-20-12-17)7-10-22-16-3-1-2-9-21-16/h4-5,9,16H,1-3,6-8,10-11H2,(H,20,21);4-5,11,16,20H,1-3,6-10,12H2. The number of halogens is 4. The van der Waals surface area contributed by atoms with E-state index in [0.717, 1.165) is 83.2 Å². The van der Waals surface area contributed by atoms with Gasteiger partial charge >= 0.3 is 0 Å². The molecule has 7 nitrogen and oxygen atoms in total. The highest BCUT2D eigenvalue weighted by Crippen LogP contribution is 2.39. The van der Waals surface area contributed by atoms with Crippen molar-refractivity contribution in [3.8, 4) is 0 Å². The van der Waals surface area contributed by atoms with Gasteiger partial charge in [-0.15, -0.1) is 0 Å². The van der Waals surface area contributed by atoms with Crippen LogP contribution in [0.1, 0.15) is 75.3 Å². The first-order valence-corrected chi connectivity index (χ1v) is 17.6. The van der Waals surface area contributed by atoms with Crippen LogP contribution in [0.5, 0.6) is 0 Å². The predicted octanol–water partition coefficient (Wildman–Crippen LogP) is 7.84. The van der Waals surface area contributed by atoms with E-state index in [4.69, 9.17) is 65.4 Å². The zero-order valence-electron chi connectivity index (χ0n) is 25.7. The number of carbonyl (C=O) groups is 1. The number of hydrogen-bond acceptors (Lipinski definition) is 6. The van der Waals surface area contributed by atoms with E-state index < -0.39 is 0 Å². The second-order valence-electron chi connectivity index (χ2n) is 12.5. The molecule has 4 saturated heterocycles. The summed E-state index contributed by atoms with van der Waals surface area (Å²) in [6.07, 6.45) is 9.67. The molecule has 2 N–H and O–H groups in total. The molecule has 4 heterocycles. The van der Waals surface area contributed by atoms with E-state index in [1.807, 2.05) is 24.3 Å². The van der Waals surface area contributed by atoms with Crippen molar-refractivity contribution in [3.05, 3.63) is 67.6 Å². The lowest BCUT2D eigenvalue weighted by atomic mass is 9.77. The topological polar surface area (TPSA) is 78.1 Å². The summed E-state index contributed by atoms with van der Waals surface area (Å²) in [7, 11) is 0. The zero-order chi connectivity index (χ0) is 31.7. The summed E-state index contributed by atoms with van der Waals surface area (Å²) in [6.45, 7) is 5.44. The Kier molecular flexibility index (Phi) is 13.1. The van der Waals surface area contributed by atoms with E-state index in [1.54, 1.807) is 6.07 Å². The third kappa shape index (κ3) is 9.49. The number of benzene rings is 2. The van der Waals surface area contributed by atoms with Gasteiger partial charge in [0, 0.05) is 43.6 Å². The Balaban J connectivity index is 0.000000178. The fourth-order valence-electron chi connectivity index (χ4n) is 6.68. The summed E-state index contributed by atoms with van der Waals surface area (Å²) >= 11 is 24.4. The van der Waals surface area contributed by atoms with Gasteiger partial charge in [-0.25, -0.2) is 0 Å². The van der Waals surface area contributed by atoms with Crippen LogP contribution >= 0.6 is 46.4 Å². The van der Waals surface area contributed by atoms with Gasteiger partial charge in [-0.1, -0.05) is 58.5 Å². The van der Waals surface area contributed by atoms with Crippen molar-refractivity contribution in [3.63, 3.8) is 0 Å². The molecule has 0 radical (unpaired) electrons. The van der Waals surface area contributed by atoms with Crippen LogP contribution in [-0.2, 0) is 34.6 Å². The van der Waals surface area contributed by atoms with Gasteiger partial charge in [-0.05, 0) is 99.7 Å². The molecule has 0 aromatic heterocycles. The van der Waals surface area contributed by atoms with Crippen molar-refractivity contribution in [2.24, 2.45) is 0 Å². The minimum Gasteiger partial charge on any atom is -0.355 e. The van der Waals surface area contributed by atoms with E-state index in [0.29, 0.717) is 46.3 Å². The summed E-state index contributed by atoms with van der Waals surface area (Å²) in [5.74, 6) is 0.0602. The first kappa shape index (κ1) is 35.2. The number of carbonyl (C=O) groups excluding carboxylic acids is 1. The number of nitrogens with one attached hydrogen (secondary N) is 2. The van der Waals surface area contributed by atoms with Crippen molar-refractivity contribution in [1.82, 2.24) is 10.6 Å². The van der Waals surface area contributed by atoms with Crippen LogP contribution in [0, 0.1) is 0 Å². The fraction of sp³-hybridized carbons (Fsp3) is 0.618. The van der Waals surface area contributed by atoms with Crippen LogP contribution in [-0.4, -0.2) is 64.5 Å². The monoisotopic (exact) mass is 700 g/mol. The predicted molar refractivity (Wildman–Crippen MR) is 180 cm³/mol. The molecule has 1 amide bonds. The lowest BCUT2D eigenvalue weighted by Crippen LogP contribution is -2.32. The SMILES string of the molecule is Clc1ccc(C2(CCOC3CCCCO3)CCNC2)cc1Cl.O=C1CC(CCOC2CCCCO2)(c2ccc(Cl)c(Cl)c2)CN1. The third-order valence-electron chi connectivity index (χ3n) is 9.48. The molecule has 4 unspecified atom stereocenters. The number of rotatable bonds is 10. The Morgan fingerprint density at radius 2 is 1.29 bits per heavy atom. The van der Waals surface area contributed by atoms with Crippen LogP contribution in [0.3, 0.4) is 0 Å². The van der Waals surface area contributed by atoms with E-state index in [2.05, 4.69) is 16.7 Å². The minimum atomic E-state index is -0.292. The Hall–Kier alpha value is -1.13. The lowest BCUT2D eigenvalue weighted by Gasteiger charge is -2.30. The Labute approximate surface area is 286 Å². The fourth-order valence-corrected chi connectivity index (χ4v) is 7.28. The molecule has 0 aliphatic carbocycles. The molecule has 2 aromatic rings. The zero-order valence-corrected chi connectivity index (χ0v) is 28.7. The van der Waals surface area contributed by atoms with Crippen LogP contribution < -0.4 is 10.6 Å². The van der Waals surface area contributed by atoms with Gasteiger partial charge in [-0.3, -0.25) is 4.79 Å². The maximum atomic E-state index is 11.8. The maximum absolute atomic E-state index is 11.8. The Morgan fingerprint density at radius 3 is 1.73 bits per heavy atom. The maximum Gasteiger partial charge on any atom is 0.220 e. The van der Waals surface area contributed by atoms with Gasteiger partial charge in [0.05, 0.1) is 33.3 Å². The first-order chi connectivity index (χ1) is 21.8. The molecule has 4 atom stereocenters. The molecule has 4 fully saturated rings. The van der Waals surface area contributed by atoms with Crippen LogP contribution in [0.4, 0.5) is 0 Å². The van der Waals surface area contributed by atoms with Crippen molar-refractivity contribution in [2.75, 3.05) is 46.1 Å². The van der Waals surface area contributed by atoms with Crippen LogP contribution in [0.25, 0.3) is 0 Å². The average molecular weight is 703 g/mol. The highest BCUT2D eigenvalue weighted by Gasteiger charge is 2.40. The van der Waals surface area contributed by atoms with Crippen LogP contribution in [0.2, 0.25) is 20.1 Å². The van der Waals surface area contributed by atoms with Crippen molar-refractivity contribution in [2.45, 2.75) is 87.6 Å². The van der Waals surface area contributed by atoms with Gasteiger partial charge in [-0.2, -0.15) is 0 Å². The normalized spacial score (nSPS) is 28.4. The second-order valence-corrected chi connectivity index (χ2v) is 14.2. The molecular weight excluding hydrogens is 658 g/mol. The quantitative estimate of drug-likeness (QED) is 0.263. The Bertz CT molecular complexity index is 1270. The lowest BCUT2D eigenvalue weighted by molar-refractivity contribution is -0.164. The van der Waals surface area contributed by atoms with Gasteiger partial charge < -0.3 is 29.6 Å². The third-order valence-corrected chi connectivity index (χ3v) is 11.0. The second kappa shape index (κ2) is 16.8. The molecule has 0 spiro atoms. The van der Waals surface area contributed by atoms with Gasteiger partial charge in [0.25, 0.3) is 0 Å². The van der Waals surface area contributed by atoms with E-state index in [9.17, 15) is 4.79 Å².